The predicted molar refractivity (Wildman–Crippen MR) is 96.0 cm³/mol. The van der Waals surface area contributed by atoms with Gasteiger partial charge in [0.25, 0.3) is 5.91 Å². The molecule has 0 saturated carbocycles. The lowest BCUT2D eigenvalue weighted by atomic mass is 10.1. The lowest BCUT2D eigenvalue weighted by Crippen LogP contribution is -2.35. The molecular formula is C20H22N2O2. The van der Waals surface area contributed by atoms with Crippen LogP contribution in [0, 0.1) is 6.92 Å². The highest BCUT2D eigenvalue weighted by Crippen LogP contribution is 2.14. The van der Waals surface area contributed by atoms with Crippen molar-refractivity contribution >= 4 is 17.9 Å². The van der Waals surface area contributed by atoms with Gasteiger partial charge in [0.05, 0.1) is 6.04 Å². The number of amides is 2. The number of carbonyl (C=O) groups excluding carboxylic acids is 2. The van der Waals surface area contributed by atoms with E-state index >= 15 is 0 Å². The summed E-state index contributed by atoms with van der Waals surface area (Å²) in [7, 11) is 0. The number of hydrogen-bond acceptors (Lipinski definition) is 2. The standard InChI is InChI=1S/C20H22N2O2/c1-14-9-7-8-12-18(14)13-19(22-16(3)23)20(24)21-15(2)17-10-5-4-6-11-17/h4-13,15H,1-3H3,(H,21,24)(H,22,23)/b19-13+/t15-/m1/s1. The minimum absolute atomic E-state index is 0.160. The first-order valence-electron chi connectivity index (χ1n) is 7.88. The molecule has 4 nitrogen and oxygen atoms in total. The Morgan fingerprint density at radius 2 is 1.62 bits per heavy atom. The SMILES string of the molecule is CC(=O)N/C(=C/c1ccccc1C)C(=O)N[C@H](C)c1ccccc1. The van der Waals surface area contributed by atoms with Crippen LogP contribution in [0.2, 0.25) is 0 Å². The molecule has 124 valence electrons. The van der Waals surface area contributed by atoms with Crippen LogP contribution in [0.25, 0.3) is 6.08 Å². The molecule has 2 aromatic rings. The van der Waals surface area contributed by atoms with Gasteiger partial charge in [-0.05, 0) is 36.6 Å². The van der Waals surface area contributed by atoms with E-state index in [9.17, 15) is 9.59 Å². The molecule has 0 heterocycles. The molecule has 24 heavy (non-hydrogen) atoms. The Labute approximate surface area is 142 Å². The summed E-state index contributed by atoms with van der Waals surface area (Å²) in [5, 5.41) is 5.54. The van der Waals surface area contributed by atoms with E-state index in [-0.39, 0.29) is 23.6 Å². The average molecular weight is 322 g/mol. The number of rotatable bonds is 5. The predicted octanol–water partition coefficient (Wildman–Crippen LogP) is 3.35. The van der Waals surface area contributed by atoms with Crippen LogP contribution in [0.15, 0.2) is 60.3 Å². The third kappa shape index (κ3) is 4.81. The highest BCUT2D eigenvalue weighted by molar-refractivity contribution is 6.01. The normalized spacial score (nSPS) is 12.4. The van der Waals surface area contributed by atoms with Gasteiger partial charge in [-0.3, -0.25) is 9.59 Å². The first kappa shape index (κ1) is 17.5. The van der Waals surface area contributed by atoms with Crippen LogP contribution < -0.4 is 10.6 Å². The second-order valence-corrected chi connectivity index (χ2v) is 5.70. The van der Waals surface area contributed by atoms with Crippen molar-refractivity contribution < 1.29 is 9.59 Å². The topological polar surface area (TPSA) is 58.2 Å². The third-order valence-corrected chi connectivity index (χ3v) is 3.69. The minimum atomic E-state index is -0.315. The maximum Gasteiger partial charge on any atom is 0.268 e. The van der Waals surface area contributed by atoms with Crippen LogP contribution in [0.3, 0.4) is 0 Å². The largest absolute Gasteiger partial charge is 0.344 e. The summed E-state index contributed by atoms with van der Waals surface area (Å²) in [5.74, 6) is -0.595. The minimum Gasteiger partial charge on any atom is -0.344 e. The average Bonchev–Trinajstić information content (AvgIpc) is 2.56. The van der Waals surface area contributed by atoms with Crippen LogP contribution in [0.1, 0.15) is 36.6 Å². The monoisotopic (exact) mass is 322 g/mol. The summed E-state index contributed by atoms with van der Waals surface area (Å²) in [4.78, 5) is 24.0. The van der Waals surface area contributed by atoms with Crippen LogP contribution in [0.5, 0.6) is 0 Å². The van der Waals surface area contributed by atoms with E-state index in [0.29, 0.717) is 0 Å². The van der Waals surface area contributed by atoms with Gasteiger partial charge in [-0.2, -0.15) is 0 Å². The summed E-state index contributed by atoms with van der Waals surface area (Å²) >= 11 is 0. The highest BCUT2D eigenvalue weighted by atomic mass is 16.2. The summed E-state index contributed by atoms with van der Waals surface area (Å²) in [6, 6.07) is 17.2. The zero-order valence-corrected chi connectivity index (χ0v) is 14.2. The summed E-state index contributed by atoms with van der Waals surface area (Å²) < 4.78 is 0. The van der Waals surface area contributed by atoms with Gasteiger partial charge in [0.2, 0.25) is 5.91 Å². The lowest BCUT2D eigenvalue weighted by molar-refractivity contribution is -0.122. The number of hydrogen-bond donors (Lipinski definition) is 2. The van der Waals surface area contributed by atoms with Gasteiger partial charge in [-0.15, -0.1) is 0 Å². The van der Waals surface area contributed by atoms with Crippen LogP contribution in [-0.4, -0.2) is 11.8 Å². The van der Waals surface area contributed by atoms with Crippen molar-refractivity contribution in [1.29, 1.82) is 0 Å². The molecule has 2 rings (SSSR count). The van der Waals surface area contributed by atoms with E-state index < -0.39 is 0 Å². The Hall–Kier alpha value is -2.88. The fraction of sp³-hybridized carbons (Fsp3) is 0.200. The van der Waals surface area contributed by atoms with Crippen LogP contribution in [0.4, 0.5) is 0 Å². The molecule has 0 spiro atoms. The van der Waals surface area contributed by atoms with E-state index in [1.165, 1.54) is 6.92 Å². The quantitative estimate of drug-likeness (QED) is 0.829. The molecular weight excluding hydrogens is 300 g/mol. The third-order valence-electron chi connectivity index (χ3n) is 3.69. The molecule has 0 aliphatic rings. The van der Waals surface area contributed by atoms with Gasteiger partial charge in [0.15, 0.2) is 0 Å². The molecule has 2 aromatic carbocycles. The molecule has 0 aliphatic carbocycles. The molecule has 2 N–H and O–H groups in total. The Bertz CT molecular complexity index is 751. The fourth-order valence-electron chi connectivity index (χ4n) is 2.35. The number of aryl methyl sites for hydroxylation is 1. The number of nitrogens with one attached hydrogen (secondary N) is 2. The molecule has 0 saturated heterocycles. The second-order valence-electron chi connectivity index (χ2n) is 5.70. The molecule has 0 unspecified atom stereocenters. The van der Waals surface area contributed by atoms with E-state index in [2.05, 4.69) is 10.6 Å². The van der Waals surface area contributed by atoms with E-state index in [0.717, 1.165) is 16.7 Å². The van der Waals surface area contributed by atoms with Crippen molar-refractivity contribution in [2.45, 2.75) is 26.8 Å². The smallest absolute Gasteiger partial charge is 0.268 e. The first-order chi connectivity index (χ1) is 11.5. The zero-order valence-electron chi connectivity index (χ0n) is 14.2. The Balaban J connectivity index is 2.23. The van der Waals surface area contributed by atoms with Gasteiger partial charge in [0.1, 0.15) is 5.70 Å². The molecule has 0 fully saturated rings. The molecule has 0 aromatic heterocycles. The van der Waals surface area contributed by atoms with E-state index in [1.807, 2.05) is 68.4 Å². The van der Waals surface area contributed by atoms with Gasteiger partial charge >= 0.3 is 0 Å². The maximum atomic E-state index is 12.6. The maximum absolute atomic E-state index is 12.6. The van der Waals surface area contributed by atoms with Crippen molar-refractivity contribution in [3.8, 4) is 0 Å². The fourth-order valence-corrected chi connectivity index (χ4v) is 2.35. The molecule has 0 bridgehead atoms. The van der Waals surface area contributed by atoms with Crippen molar-refractivity contribution in [2.24, 2.45) is 0 Å². The summed E-state index contributed by atoms with van der Waals surface area (Å²) in [5.41, 5.74) is 3.16. The highest BCUT2D eigenvalue weighted by Gasteiger charge is 2.15. The van der Waals surface area contributed by atoms with E-state index in [4.69, 9.17) is 0 Å². The number of carbonyl (C=O) groups is 2. The zero-order chi connectivity index (χ0) is 17.5. The molecule has 4 heteroatoms. The van der Waals surface area contributed by atoms with Crippen LogP contribution in [-0.2, 0) is 9.59 Å². The van der Waals surface area contributed by atoms with Crippen molar-refractivity contribution in [3.05, 3.63) is 77.0 Å². The van der Waals surface area contributed by atoms with Crippen molar-refractivity contribution in [3.63, 3.8) is 0 Å². The number of benzene rings is 2. The molecule has 0 aliphatic heterocycles. The van der Waals surface area contributed by atoms with Crippen molar-refractivity contribution in [1.82, 2.24) is 10.6 Å². The van der Waals surface area contributed by atoms with Crippen molar-refractivity contribution in [2.75, 3.05) is 0 Å². The van der Waals surface area contributed by atoms with Crippen LogP contribution >= 0.6 is 0 Å². The summed E-state index contributed by atoms with van der Waals surface area (Å²) in [6.45, 7) is 5.26. The van der Waals surface area contributed by atoms with Gasteiger partial charge in [0, 0.05) is 6.92 Å². The van der Waals surface area contributed by atoms with Gasteiger partial charge in [-0.25, -0.2) is 0 Å². The Kier molecular flexibility index (Phi) is 5.90. The summed E-state index contributed by atoms with van der Waals surface area (Å²) in [6.07, 6.45) is 1.70. The molecule has 0 radical (unpaired) electrons. The van der Waals surface area contributed by atoms with Gasteiger partial charge in [-0.1, -0.05) is 54.6 Å². The molecule has 2 amide bonds. The lowest BCUT2D eigenvalue weighted by Gasteiger charge is -2.16. The van der Waals surface area contributed by atoms with E-state index in [1.54, 1.807) is 6.08 Å². The second kappa shape index (κ2) is 8.11. The Morgan fingerprint density at radius 3 is 2.25 bits per heavy atom. The first-order valence-corrected chi connectivity index (χ1v) is 7.88. The van der Waals surface area contributed by atoms with Gasteiger partial charge < -0.3 is 10.6 Å². The molecule has 1 atom stereocenters. The Morgan fingerprint density at radius 1 is 1.00 bits per heavy atom.